The van der Waals surface area contributed by atoms with Gasteiger partial charge in [0.15, 0.2) is 0 Å². The molecule has 0 aromatic heterocycles. The molecule has 0 aromatic carbocycles. The third-order valence-corrected chi connectivity index (χ3v) is 3.42. The summed E-state index contributed by atoms with van der Waals surface area (Å²) < 4.78 is 0. The molecule has 18 valence electrons. The van der Waals surface area contributed by atoms with Crippen LogP contribution in [0.15, 0.2) is 0 Å². The number of rotatable bonds is 0. The highest BCUT2D eigenvalue weighted by molar-refractivity contribution is 8.08. The van der Waals surface area contributed by atoms with Crippen molar-refractivity contribution in [2.75, 3.05) is 0 Å². The zero-order valence-corrected chi connectivity index (χ0v) is 2.81. The van der Waals surface area contributed by atoms with Crippen molar-refractivity contribution >= 4 is 19.7 Å². The zero-order chi connectivity index (χ0) is 2.81. The van der Waals surface area contributed by atoms with Crippen LogP contribution in [-0.2, 0) is 0 Å². The van der Waals surface area contributed by atoms with Gasteiger partial charge in [0.2, 0.25) is 0 Å². The Labute approximate surface area is 31.5 Å². The van der Waals surface area contributed by atoms with Gasteiger partial charge in [0.1, 0.15) is 0 Å². The molecule has 0 unspecified atom stereocenters. The van der Waals surface area contributed by atoms with E-state index in [1.807, 2.05) is 0 Å². The Morgan fingerprint density at radius 1 is 1.40 bits per heavy atom. The smallest absolute Gasteiger partial charge is 0.0819 e. The fourth-order valence-electron chi connectivity index (χ4n) is 2.66. The summed E-state index contributed by atoms with van der Waals surface area (Å²) in [5.41, 5.74) is 1.35. The van der Waals surface area contributed by atoms with E-state index in [4.69, 9.17) is 0 Å². The van der Waals surface area contributed by atoms with Gasteiger partial charge < -0.3 is 0 Å². The molecule has 4 saturated heterocycles. The fraction of sp³-hybridized carbons (Fsp3) is 1.00. The van der Waals surface area contributed by atoms with Gasteiger partial charge in [-0.15, -0.1) is 10.8 Å². The number of fused-ring (bicyclic) bond motifs is 4. The summed E-state index contributed by atoms with van der Waals surface area (Å²) in [5.74, 6) is 0. The summed E-state index contributed by atoms with van der Waals surface area (Å²) in [4.78, 5) is 0. The summed E-state index contributed by atoms with van der Waals surface area (Å²) in [6, 6.07) is 0. The van der Waals surface area contributed by atoms with Gasteiger partial charge in [-0.25, -0.2) is 0 Å². The number of hydrogen-bond acceptors (Lipinski definition) is 0. The first kappa shape index (κ1) is 1.36. The molecule has 0 atom stereocenters. The van der Waals surface area contributed by atoms with E-state index in [9.17, 15) is 0 Å². The van der Waals surface area contributed by atoms with Crippen LogP contribution >= 0.6 is 0 Å². The van der Waals surface area contributed by atoms with Gasteiger partial charge in [-0.1, -0.05) is 0 Å². The lowest BCUT2D eigenvalue weighted by atomic mass is 9.02. The van der Waals surface area contributed by atoms with Crippen LogP contribution in [0.5, 0.6) is 0 Å². The molecule has 4 rings (SSSR count). The van der Waals surface area contributed by atoms with E-state index in [1.54, 1.807) is 0 Å². The molecule has 4 fully saturated rings. The van der Waals surface area contributed by atoms with Crippen molar-refractivity contribution in [3.63, 3.8) is 0 Å². The maximum absolute atomic E-state index is 1.35. The molecule has 4 aliphatic rings. The first-order valence-electron chi connectivity index (χ1n) is 2.49. The summed E-state index contributed by atoms with van der Waals surface area (Å²) in [7, 11) is 0. The first-order chi connectivity index (χ1) is 2.49. The first-order valence-corrected chi connectivity index (χ1v) is 2.49. The van der Waals surface area contributed by atoms with Crippen LogP contribution < -0.4 is 0 Å². The standard InChI is InChI=1S/C2HB3/c1-2-3(1)5(2)4(1)2/h1H. The van der Waals surface area contributed by atoms with E-state index in [-0.39, 0.29) is 0 Å². The van der Waals surface area contributed by atoms with Gasteiger partial charge in [-0.3, -0.25) is 0 Å². The molecule has 0 aliphatic carbocycles. The van der Waals surface area contributed by atoms with E-state index in [2.05, 4.69) is 0 Å². The number of hydrogen-bond donors (Lipinski definition) is 0. The Morgan fingerprint density at radius 2 is 1.60 bits per heavy atom. The quantitative estimate of drug-likeness (QED) is 0.326. The van der Waals surface area contributed by atoms with Gasteiger partial charge in [0, 0.05) is 0 Å². The maximum Gasteiger partial charge on any atom is 0.0819 e. The normalized spacial score (nSPS) is 81.6. The van der Waals surface area contributed by atoms with E-state index in [1.165, 1.54) is 30.5 Å². The highest BCUT2D eigenvalue weighted by atomic mass is 14.7. The molecule has 0 N–H and O–H groups in total. The monoisotopic (exact) mass is 58.0 g/mol. The van der Waals surface area contributed by atoms with Crippen LogP contribution in [-0.4, -0.2) is 19.7 Å². The average Bonchev–Trinajstić information content (AvgIpc) is 1.26. The largest absolute Gasteiger partial charge is 0.128 e. The van der Waals surface area contributed by atoms with Crippen molar-refractivity contribution < 1.29 is 0 Å². The second-order valence-corrected chi connectivity index (χ2v) is 3.10. The lowest BCUT2D eigenvalue weighted by Crippen LogP contribution is -2.26. The maximum atomic E-state index is 1.35. The van der Waals surface area contributed by atoms with Crippen molar-refractivity contribution in [3.05, 3.63) is 0 Å². The van der Waals surface area contributed by atoms with Crippen LogP contribution in [0.1, 0.15) is 0 Å². The minimum Gasteiger partial charge on any atom is -0.128 e. The van der Waals surface area contributed by atoms with Gasteiger partial charge in [0.05, 0.1) is 19.7 Å². The fourth-order valence-corrected chi connectivity index (χ4v) is 2.66. The molecule has 5 heavy (non-hydrogen) atoms. The molecule has 0 bridgehead atoms. The zero-order valence-electron chi connectivity index (χ0n) is 2.81. The van der Waals surface area contributed by atoms with Gasteiger partial charge in [-0.2, -0.15) is 0 Å². The Hall–Kier alpha value is 0.195. The molecule has 0 radical (unpaired) electrons. The molecule has 0 aromatic rings. The van der Waals surface area contributed by atoms with E-state index < -0.39 is 0 Å². The summed E-state index contributed by atoms with van der Waals surface area (Å²) in [6.45, 7) is 4.06. The average molecular weight is 57.5 g/mol. The van der Waals surface area contributed by atoms with Crippen molar-refractivity contribution in [3.8, 4) is 0 Å². The van der Waals surface area contributed by atoms with Gasteiger partial charge >= 0.3 is 0 Å². The minimum atomic E-state index is 1.17. The van der Waals surface area contributed by atoms with Crippen LogP contribution in [0.2, 0.25) is 10.8 Å². The highest BCUT2D eigenvalue weighted by Crippen LogP contribution is 3.15. The Kier molecular flexibility index (Phi) is 0.0352. The molecule has 1 spiro atoms. The molecule has 0 nitrogen and oxygen atoms in total. The lowest BCUT2D eigenvalue weighted by Gasteiger charge is -1.97. The van der Waals surface area contributed by atoms with E-state index >= 15 is 0 Å². The SMILES string of the molecule is B12B3C4B1C234. The van der Waals surface area contributed by atoms with Gasteiger partial charge in [-0.05, 0) is 0 Å². The molecule has 3 heteroatoms. The molecule has 0 amide bonds. The predicted octanol–water partition coefficient (Wildman–Crippen LogP) is -0.590. The van der Waals surface area contributed by atoms with E-state index in [0.29, 0.717) is 0 Å². The van der Waals surface area contributed by atoms with Crippen molar-refractivity contribution in [1.82, 2.24) is 0 Å². The van der Waals surface area contributed by atoms with Crippen molar-refractivity contribution in [2.45, 2.75) is 10.8 Å². The molecular formula is C2HB3. The summed E-state index contributed by atoms with van der Waals surface area (Å²) >= 11 is 0. The lowest BCUT2D eigenvalue weighted by molar-refractivity contribution is 1.56. The Morgan fingerprint density at radius 3 is 1.60 bits per heavy atom. The molecule has 4 heterocycles. The minimum absolute atomic E-state index is 1.17. The second-order valence-electron chi connectivity index (χ2n) is 3.10. The third-order valence-electron chi connectivity index (χ3n) is 3.42. The van der Waals surface area contributed by atoms with Crippen LogP contribution in [0.3, 0.4) is 0 Å². The van der Waals surface area contributed by atoms with Crippen LogP contribution in [0.4, 0.5) is 0 Å². The van der Waals surface area contributed by atoms with Crippen molar-refractivity contribution in [2.24, 2.45) is 0 Å². The van der Waals surface area contributed by atoms with Crippen molar-refractivity contribution in [1.29, 1.82) is 0 Å². The third kappa shape index (κ3) is 0.0195. The molecular weight excluding hydrogens is 56.5 g/mol. The molecule has 4 aliphatic heterocycles. The second kappa shape index (κ2) is 0.129. The van der Waals surface area contributed by atoms with Crippen LogP contribution in [0.25, 0.3) is 0 Å². The Bertz CT molecular complexity index is 107. The summed E-state index contributed by atoms with van der Waals surface area (Å²) in [6.07, 6.45) is 0. The highest BCUT2D eigenvalue weighted by Gasteiger charge is 3.23. The van der Waals surface area contributed by atoms with E-state index in [0.717, 1.165) is 0 Å². The topological polar surface area (TPSA) is 0 Å². The predicted molar refractivity (Wildman–Crippen MR) is 23.7 cm³/mol. The molecule has 0 saturated carbocycles. The Balaban J connectivity index is 2.71. The summed E-state index contributed by atoms with van der Waals surface area (Å²) in [5, 5.41) is 1.17. The van der Waals surface area contributed by atoms with Crippen LogP contribution in [0, 0.1) is 0 Å². The van der Waals surface area contributed by atoms with Gasteiger partial charge in [0.25, 0.3) is 0 Å².